The smallest absolute Gasteiger partial charge is 0.104 e. The van der Waals surface area contributed by atoms with E-state index in [0.717, 1.165) is 19.1 Å². The van der Waals surface area contributed by atoms with Gasteiger partial charge in [-0.2, -0.15) is 0 Å². The van der Waals surface area contributed by atoms with Crippen molar-refractivity contribution in [3.8, 4) is 0 Å². The Labute approximate surface area is 92.3 Å². The molecule has 0 aromatic heterocycles. The molecule has 2 aliphatic carbocycles. The first-order valence-electron chi connectivity index (χ1n) is 6.27. The summed E-state index contributed by atoms with van der Waals surface area (Å²) in [6.07, 6.45) is 4.92. The number of epoxide rings is 1. The molecule has 15 heavy (non-hydrogen) atoms. The lowest BCUT2D eigenvalue weighted by atomic mass is 9.70. The van der Waals surface area contributed by atoms with Gasteiger partial charge in [0.1, 0.15) is 6.10 Å². The van der Waals surface area contributed by atoms with Crippen LogP contribution in [0.1, 0.15) is 40.0 Å². The van der Waals surface area contributed by atoms with Gasteiger partial charge in [-0.1, -0.05) is 20.8 Å². The topological polar surface area (TPSA) is 21.8 Å². The SMILES string of the molecule is CC1(C)C2CCC1(C)C(OC[C@@H]1CO1)C2. The van der Waals surface area contributed by atoms with Crippen molar-refractivity contribution in [3.63, 3.8) is 0 Å². The second-order valence-electron chi connectivity index (χ2n) is 6.39. The fourth-order valence-corrected chi connectivity index (χ4v) is 3.77. The van der Waals surface area contributed by atoms with Gasteiger partial charge in [-0.05, 0) is 36.0 Å². The lowest BCUT2D eigenvalue weighted by Gasteiger charge is -2.38. The van der Waals surface area contributed by atoms with E-state index in [4.69, 9.17) is 9.47 Å². The summed E-state index contributed by atoms with van der Waals surface area (Å²) in [6.45, 7) is 9.03. The molecule has 0 aromatic carbocycles. The predicted octanol–water partition coefficient (Wildman–Crippen LogP) is 2.62. The molecule has 0 amide bonds. The third kappa shape index (κ3) is 1.31. The van der Waals surface area contributed by atoms with Gasteiger partial charge in [0.15, 0.2) is 0 Å². The summed E-state index contributed by atoms with van der Waals surface area (Å²) >= 11 is 0. The minimum absolute atomic E-state index is 0.409. The van der Waals surface area contributed by atoms with Crippen molar-refractivity contribution in [2.45, 2.75) is 52.2 Å². The minimum Gasteiger partial charge on any atom is -0.375 e. The average molecular weight is 210 g/mol. The third-order valence-electron chi connectivity index (χ3n) is 5.60. The summed E-state index contributed by atoms with van der Waals surface area (Å²) in [7, 11) is 0. The molecule has 0 N–H and O–H groups in total. The normalized spacial score (nSPS) is 51.0. The summed E-state index contributed by atoms with van der Waals surface area (Å²) in [5.74, 6) is 0.882. The van der Waals surface area contributed by atoms with Crippen molar-refractivity contribution in [1.82, 2.24) is 0 Å². The van der Waals surface area contributed by atoms with E-state index in [9.17, 15) is 0 Å². The van der Waals surface area contributed by atoms with E-state index in [0.29, 0.717) is 23.0 Å². The molecule has 86 valence electrons. The van der Waals surface area contributed by atoms with Gasteiger partial charge in [-0.3, -0.25) is 0 Å². The van der Waals surface area contributed by atoms with Gasteiger partial charge in [0.2, 0.25) is 0 Å². The van der Waals surface area contributed by atoms with Crippen molar-refractivity contribution in [1.29, 1.82) is 0 Å². The van der Waals surface area contributed by atoms with E-state index in [1.54, 1.807) is 0 Å². The molecular formula is C13H22O2. The van der Waals surface area contributed by atoms with Gasteiger partial charge in [-0.15, -0.1) is 0 Å². The van der Waals surface area contributed by atoms with Gasteiger partial charge in [0.05, 0.1) is 19.3 Å². The van der Waals surface area contributed by atoms with Crippen LogP contribution in [0.25, 0.3) is 0 Å². The number of hydrogen-bond donors (Lipinski definition) is 0. The van der Waals surface area contributed by atoms with Crippen molar-refractivity contribution in [2.75, 3.05) is 13.2 Å². The van der Waals surface area contributed by atoms with Crippen LogP contribution >= 0.6 is 0 Å². The first-order chi connectivity index (χ1) is 7.04. The standard InChI is InChI=1S/C13H22O2/c1-12(2)9-4-5-13(12,3)11(6-9)15-8-10-7-14-10/h9-11H,4-8H2,1-3H3/t9?,10-,11?,13?/m0/s1. The maximum absolute atomic E-state index is 6.07. The predicted molar refractivity (Wildman–Crippen MR) is 58.7 cm³/mol. The zero-order valence-corrected chi connectivity index (χ0v) is 10.1. The lowest BCUT2D eigenvalue weighted by molar-refractivity contribution is -0.0507. The molecule has 2 heteroatoms. The Kier molecular flexibility index (Phi) is 2.01. The van der Waals surface area contributed by atoms with Crippen molar-refractivity contribution in [3.05, 3.63) is 0 Å². The van der Waals surface area contributed by atoms with Crippen LogP contribution in [0.3, 0.4) is 0 Å². The molecular weight excluding hydrogens is 188 g/mol. The first-order valence-corrected chi connectivity index (χ1v) is 6.27. The Balaban J connectivity index is 1.70. The molecule has 1 aliphatic heterocycles. The summed E-state index contributed by atoms with van der Waals surface area (Å²) in [5.41, 5.74) is 0.884. The van der Waals surface area contributed by atoms with Crippen LogP contribution in [-0.2, 0) is 9.47 Å². The van der Waals surface area contributed by atoms with Crippen LogP contribution in [0.4, 0.5) is 0 Å². The molecule has 2 saturated carbocycles. The second-order valence-corrected chi connectivity index (χ2v) is 6.39. The highest BCUT2D eigenvalue weighted by atomic mass is 16.6. The number of hydrogen-bond acceptors (Lipinski definition) is 2. The molecule has 2 bridgehead atoms. The minimum atomic E-state index is 0.409. The van der Waals surface area contributed by atoms with E-state index >= 15 is 0 Å². The van der Waals surface area contributed by atoms with E-state index in [1.807, 2.05) is 0 Å². The summed E-state index contributed by atoms with van der Waals surface area (Å²) < 4.78 is 11.3. The van der Waals surface area contributed by atoms with Crippen LogP contribution in [0.15, 0.2) is 0 Å². The largest absolute Gasteiger partial charge is 0.375 e. The van der Waals surface area contributed by atoms with Gasteiger partial charge in [-0.25, -0.2) is 0 Å². The third-order valence-corrected chi connectivity index (χ3v) is 5.60. The Morgan fingerprint density at radius 1 is 1.33 bits per heavy atom. The molecule has 2 nitrogen and oxygen atoms in total. The highest BCUT2D eigenvalue weighted by Crippen LogP contribution is 2.66. The Hall–Kier alpha value is -0.0800. The molecule has 1 heterocycles. The Morgan fingerprint density at radius 2 is 2.07 bits per heavy atom. The van der Waals surface area contributed by atoms with E-state index in [2.05, 4.69) is 20.8 Å². The molecule has 3 unspecified atom stereocenters. The molecule has 3 fully saturated rings. The van der Waals surface area contributed by atoms with Crippen molar-refractivity contribution < 1.29 is 9.47 Å². The molecule has 1 saturated heterocycles. The maximum Gasteiger partial charge on any atom is 0.104 e. The zero-order chi connectivity index (χ0) is 10.7. The summed E-state index contributed by atoms with van der Waals surface area (Å²) in [4.78, 5) is 0. The highest BCUT2D eigenvalue weighted by molar-refractivity contribution is 5.11. The van der Waals surface area contributed by atoms with Crippen LogP contribution in [0, 0.1) is 16.7 Å². The zero-order valence-electron chi connectivity index (χ0n) is 10.1. The van der Waals surface area contributed by atoms with E-state index < -0.39 is 0 Å². The van der Waals surface area contributed by atoms with Crippen LogP contribution in [0.2, 0.25) is 0 Å². The summed E-state index contributed by atoms with van der Waals surface area (Å²) in [5, 5.41) is 0. The number of rotatable bonds is 3. The Morgan fingerprint density at radius 3 is 2.53 bits per heavy atom. The number of ether oxygens (including phenoxy) is 2. The van der Waals surface area contributed by atoms with Crippen LogP contribution < -0.4 is 0 Å². The molecule has 3 rings (SSSR count). The average Bonchev–Trinajstić information content (AvgIpc) is 2.93. The fourth-order valence-electron chi connectivity index (χ4n) is 3.77. The van der Waals surface area contributed by atoms with Crippen molar-refractivity contribution >= 4 is 0 Å². The lowest BCUT2D eigenvalue weighted by Crippen LogP contribution is -2.37. The highest BCUT2D eigenvalue weighted by Gasteiger charge is 2.61. The monoisotopic (exact) mass is 210 g/mol. The van der Waals surface area contributed by atoms with Crippen LogP contribution in [-0.4, -0.2) is 25.4 Å². The fraction of sp³-hybridized carbons (Fsp3) is 1.00. The van der Waals surface area contributed by atoms with Crippen molar-refractivity contribution in [2.24, 2.45) is 16.7 Å². The molecule has 3 aliphatic rings. The number of fused-ring (bicyclic) bond motifs is 2. The first kappa shape index (κ1) is 10.1. The molecule has 0 aromatic rings. The van der Waals surface area contributed by atoms with Gasteiger partial charge >= 0.3 is 0 Å². The summed E-state index contributed by atoms with van der Waals surface area (Å²) in [6, 6.07) is 0. The molecule has 4 atom stereocenters. The van der Waals surface area contributed by atoms with Gasteiger partial charge < -0.3 is 9.47 Å². The van der Waals surface area contributed by atoms with Gasteiger partial charge in [0, 0.05) is 0 Å². The van der Waals surface area contributed by atoms with E-state index in [1.165, 1.54) is 19.3 Å². The quantitative estimate of drug-likeness (QED) is 0.668. The molecule has 0 spiro atoms. The maximum atomic E-state index is 6.07. The Bertz CT molecular complexity index is 270. The second kappa shape index (κ2) is 2.98. The van der Waals surface area contributed by atoms with Crippen LogP contribution in [0.5, 0.6) is 0 Å². The van der Waals surface area contributed by atoms with Gasteiger partial charge in [0.25, 0.3) is 0 Å². The van der Waals surface area contributed by atoms with E-state index in [-0.39, 0.29) is 0 Å². The molecule has 0 radical (unpaired) electrons.